The van der Waals surface area contributed by atoms with Crippen LogP contribution in [0.4, 0.5) is 0 Å². The third-order valence-electron chi connectivity index (χ3n) is 4.46. The topological polar surface area (TPSA) is 44.8 Å². The Morgan fingerprint density at radius 2 is 1.86 bits per heavy atom. The van der Waals surface area contributed by atoms with E-state index >= 15 is 0 Å². The van der Waals surface area contributed by atoms with E-state index in [1.165, 1.54) is 0 Å². The van der Waals surface area contributed by atoms with Crippen molar-refractivity contribution < 1.29 is 9.53 Å². The van der Waals surface area contributed by atoms with Gasteiger partial charge in [0.2, 0.25) is 5.91 Å². The van der Waals surface area contributed by atoms with Gasteiger partial charge in [0.05, 0.1) is 13.5 Å². The van der Waals surface area contributed by atoms with Gasteiger partial charge in [-0.05, 0) is 17.7 Å². The lowest BCUT2D eigenvalue weighted by Gasteiger charge is -2.43. The van der Waals surface area contributed by atoms with E-state index in [0.29, 0.717) is 12.5 Å². The number of benzene rings is 1. The number of hydrogen-bond donors (Lipinski definition) is 1. The van der Waals surface area contributed by atoms with Crippen LogP contribution < -0.4 is 10.1 Å². The first-order chi connectivity index (χ1) is 10.3. The number of rotatable bonds is 4. The van der Waals surface area contributed by atoms with Gasteiger partial charge in [0, 0.05) is 45.3 Å². The lowest BCUT2D eigenvalue weighted by Crippen LogP contribution is -2.62. The van der Waals surface area contributed by atoms with Gasteiger partial charge >= 0.3 is 0 Å². The van der Waals surface area contributed by atoms with Crippen molar-refractivity contribution in [3.63, 3.8) is 0 Å². The molecule has 0 atom stereocenters. The van der Waals surface area contributed by atoms with Crippen LogP contribution in [0.25, 0.3) is 0 Å². The quantitative estimate of drug-likeness (QED) is 0.869. The summed E-state index contributed by atoms with van der Waals surface area (Å²) in [5.41, 5.74) is 1.05. The number of carbonyl (C=O) groups excluding carboxylic acids is 1. The van der Waals surface area contributed by atoms with Crippen LogP contribution in [0.1, 0.15) is 5.56 Å². The molecule has 0 unspecified atom stereocenters. The van der Waals surface area contributed by atoms with Crippen LogP contribution in [0, 0.1) is 0 Å². The molecule has 0 aliphatic carbocycles. The average Bonchev–Trinajstić information content (AvgIpc) is 2.47. The average molecular weight is 289 g/mol. The monoisotopic (exact) mass is 289 g/mol. The minimum atomic E-state index is 0.228. The number of piperazine rings is 1. The third-order valence-corrected chi connectivity index (χ3v) is 4.46. The van der Waals surface area contributed by atoms with E-state index in [0.717, 1.165) is 50.6 Å². The van der Waals surface area contributed by atoms with Crippen LogP contribution in [0.2, 0.25) is 0 Å². The van der Waals surface area contributed by atoms with Crippen molar-refractivity contribution in [2.45, 2.75) is 12.5 Å². The van der Waals surface area contributed by atoms with Crippen LogP contribution in [-0.2, 0) is 11.2 Å². The van der Waals surface area contributed by atoms with Crippen molar-refractivity contribution in [3.8, 4) is 5.75 Å². The number of amides is 1. The lowest BCUT2D eigenvalue weighted by molar-refractivity contribution is -0.132. The molecule has 2 fully saturated rings. The fourth-order valence-corrected chi connectivity index (χ4v) is 2.90. The smallest absolute Gasteiger partial charge is 0.227 e. The summed E-state index contributed by atoms with van der Waals surface area (Å²) in [4.78, 5) is 16.8. The van der Waals surface area contributed by atoms with E-state index in [9.17, 15) is 4.79 Å². The van der Waals surface area contributed by atoms with Crippen LogP contribution in [0.3, 0.4) is 0 Å². The van der Waals surface area contributed by atoms with E-state index in [4.69, 9.17) is 4.74 Å². The highest BCUT2D eigenvalue weighted by Crippen LogP contribution is 2.14. The van der Waals surface area contributed by atoms with Gasteiger partial charge in [0.25, 0.3) is 0 Å². The van der Waals surface area contributed by atoms with Crippen LogP contribution >= 0.6 is 0 Å². The van der Waals surface area contributed by atoms with Gasteiger partial charge in [0.15, 0.2) is 0 Å². The molecule has 21 heavy (non-hydrogen) atoms. The SMILES string of the molecule is COc1ccc(CC(=O)N2CCN(C3CNC3)CC2)cc1. The van der Waals surface area contributed by atoms with E-state index in [-0.39, 0.29) is 5.91 Å². The minimum absolute atomic E-state index is 0.228. The Balaban J connectivity index is 1.49. The highest BCUT2D eigenvalue weighted by Gasteiger charge is 2.28. The maximum atomic E-state index is 12.3. The zero-order valence-electron chi connectivity index (χ0n) is 12.5. The van der Waals surface area contributed by atoms with Gasteiger partial charge in [-0.2, -0.15) is 0 Å². The lowest BCUT2D eigenvalue weighted by atomic mass is 10.1. The Hall–Kier alpha value is -1.59. The Morgan fingerprint density at radius 3 is 2.38 bits per heavy atom. The zero-order valence-corrected chi connectivity index (χ0v) is 12.5. The molecule has 2 aliphatic heterocycles. The van der Waals surface area contributed by atoms with Crippen molar-refractivity contribution in [2.24, 2.45) is 0 Å². The summed E-state index contributed by atoms with van der Waals surface area (Å²) >= 11 is 0. The van der Waals surface area contributed by atoms with Gasteiger partial charge in [-0.3, -0.25) is 9.69 Å². The number of nitrogens with zero attached hydrogens (tertiary/aromatic N) is 2. The van der Waals surface area contributed by atoms with Gasteiger partial charge in [-0.15, -0.1) is 0 Å². The largest absolute Gasteiger partial charge is 0.497 e. The van der Waals surface area contributed by atoms with Crippen molar-refractivity contribution in [2.75, 3.05) is 46.4 Å². The second-order valence-electron chi connectivity index (χ2n) is 5.75. The Labute approximate surface area is 125 Å². The van der Waals surface area contributed by atoms with Crippen molar-refractivity contribution in [1.29, 1.82) is 0 Å². The number of ether oxygens (including phenoxy) is 1. The normalized spacial score (nSPS) is 20.1. The number of methoxy groups -OCH3 is 1. The van der Waals surface area contributed by atoms with E-state index in [1.807, 2.05) is 29.2 Å². The molecule has 3 rings (SSSR count). The molecule has 2 aliphatic rings. The predicted octanol–water partition coefficient (Wildman–Crippen LogP) is 0.354. The first kappa shape index (κ1) is 14.4. The molecule has 1 aromatic carbocycles. The Kier molecular flexibility index (Phi) is 4.41. The van der Waals surface area contributed by atoms with E-state index in [2.05, 4.69) is 10.2 Å². The van der Waals surface area contributed by atoms with Gasteiger partial charge in [-0.1, -0.05) is 12.1 Å². The van der Waals surface area contributed by atoms with Gasteiger partial charge in [-0.25, -0.2) is 0 Å². The molecule has 1 N–H and O–H groups in total. The molecule has 2 saturated heterocycles. The number of carbonyl (C=O) groups is 1. The first-order valence-corrected chi connectivity index (χ1v) is 7.62. The van der Waals surface area contributed by atoms with Crippen molar-refractivity contribution >= 4 is 5.91 Å². The molecule has 5 nitrogen and oxygen atoms in total. The second-order valence-corrected chi connectivity index (χ2v) is 5.75. The molecular weight excluding hydrogens is 266 g/mol. The number of hydrogen-bond acceptors (Lipinski definition) is 4. The van der Waals surface area contributed by atoms with Crippen molar-refractivity contribution in [3.05, 3.63) is 29.8 Å². The third kappa shape index (κ3) is 3.36. The van der Waals surface area contributed by atoms with E-state index < -0.39 is 0 Å². The Morgan fingerprint density at radius 1 is 1.19 bits per heavy atom. The van der Waals surface area contributed by atoms with Crippen LogP contribution in [0.5, 0.6) is 5.75 Å². The minimum Gasteiger partial charge on any atom is -0.497 e. The molecule has 5 heteroatoms. The summed E-state index contributed by atoms with van der Waals surface area (Å²) in [5, 5.41) is 3.30. The molecule has 0 spiro atoms. The predicted molar refractivity (Wildman–Crippen MR) is 81.5 cm³/mol. The summed E-state index contributed by atoms with van der Waals surface area (Å²) in [6, 6.07) is 8.43. The molecule has 0 bridgehead atoms. The van der Waals surface area contributed by atoms with E-state index in [1.54, 1.807) is 7.11 Å². The zero-order chi connectivity index (χ0) is 14.7. The maximum absolute atomic E-state index is 12.3. The van der Waals surface area contributed by atoms with Gasteiger partial charge in [0.1, 0.15) is 5.75 Å². The van der Waals surface area contributed by atoms with Crippen LogP contribution in [-0.4, -0.2) is 68.1 Å². The summed E-state index contributed by atoms with van der Waals surface area (Å²) < 4.78 is 5.13. The molecule has 0 aromatic heterocycles. The molecule has 114 valence electrons. The maximum Gasteiger partial charge on any atom is 0.227 e. The summed E-state index contributed by atoms with van der Waals surface area (Å²) in [5.74, 6) is 1.06. The fourth-order valence-electron chi connectivity index (χ4n) is 2.90. The first-order valence-electron chi connectivity index (χ1n) is 7.62. The second kappa shape index (κ2) is 6.45. The summed E-state index contributed by atoms with van der Waals surface area (Å²) in [6.07, 6.45) is 0.481. The fraction of sp³-hybridized carbons (Fsp3) is 0.562. The number of nitrogens with one attached hydrogen (secondary N) is 1. The summed E-state index contributed by atoms with van der Waals surface area (Å²) in [6.45, 7) is 5.90. The molecule has 0 saturated carbocycles. The molecule has 0 radical (unpaired) electrons. The summed E-state index contributed by atoms with van der Waals surface area (Å²) in [7, 11) is 1.65. The highest BCUT2D eigenvalue weighted by atomic mass is 16.5. The molecular formula is C16H23N3O2. The molecule has 2 heterocycles. The molecule has 1 aromatic rings. The highest BCUT2D eigenvalue weighted by molar-refractivity contribution is 5.79. The van der Waals surface area contributed by atoms with Gasteiger partial charge < -0.3 is 15.0 Å². The Bertz CT molecular complexity index is 477. The van der Waals surface area contributed by atoms with Crippen LogP contribution in [0.15, 0.2) is 24.3 Å². The molecule has 1 amide bonds. The van der Waals surface area contributed by atoms with Crippen molar-refractivity contribution in [1.82, 2.24) is 15.1 Å². The standard InChI is InChI=1S/C16H23N3O2/c1-21-15-4-2-13(3-5-15)10-16(20)19-8-6-18(7-9-19)14-11-17-12-14/h2-5,14,17H,6-12H2,1H3.